The van der Waals surface area contributed by atoms with Crippen molar-refractivity contribution in [1.29, 1.82) is 0 Å². The molecule has 0 N–H and O–H groups in total. The number of hydrogen-bond donors (Lipinski definition) is 0. The Morgan fingerprint density at radius 2 is 0.962 bits per heavy atom. The smallest absolute Gasteiger partial charge is 0.00212 e. The fourth-order valence-corrected chi connectivity index (χ4v) is 4.67. The summed E-state index contributed by atoms with van der Waals surface area (Å²) in [4.78, 5) is 0. The molecule has 0 aliphatic carbocycles. The van der Waals surface area contributed by atoms with Crippen molar-refractivity contribution >= 4 is 32.3 Å². The lowest BCUT2D eigenvalue weighted by Crippen LogP contribution is -1.96. The van der Waals surface area contributed by atoms with Crippen LogP contribution in [0.4, 0.5) is 0 Å². The molecular formula is C26H30. The second kappa shape index (κ2) is 6.91. The minimum absolute atomic E-state index is 1.19. The molecule has 0 spiro atoms. The van der Waals surface area contributed by atoms with Gasteiger partial charge >= 0.3 is 0 Å². The monoisotopic (exact) mass is 342 g/mol. The van der Waals surface area contributed by atoms with E-state index >= 15 is 0 Å². The van der Waals surface area contributed by atoms with Crippen molar-refractivity contribution in [1.82, 2.24) is 0 Å². The van der Waals surface area contributed by atoms with Gasteiger partial charge in [0.25, 0.3) is 0 Å². The molecule has 4 aromatic rings. The minimum atomic E-state index is 1.19. The molecule has 0 aliphatic heterocycles. The third-order valence-electron chi connectivity index (χ3n) is 6.08. The molecule has 0 aromatic heterocycles. The van der Waals surface area contributed by atoms with E-state index in [1.165, 1.54) is 93.1 Å². The second-order valence-electron chi connectivity index (χ2n) is 7.98. The maximum absolute atomic E-state index is 2.43. The first-order valence-corrected chi connectivity index (χ1v) is 10.3. The molecule has 4 rings (SSSR count). The highest BCUT2D eigenvalue weighted by Gasteiger charge is 2.16. The first-order chi connectivity index (χ1) is 12.7. The summed E-state index contributed by atoms with van der Waals surface area (Å²) in [7, 11) is 0. The van der Waals surface area contributed by atoms with Gasteiger partial charge < -0.3 is 0 Å². The Morgan fingerprint density at radius 1 is 0.577 bits per heavy atom. The largest absolute Gasteiger partial charge is 0.0654 e. The van der Waals surface area contributed by atoms with Crippen molar-refractivity contribution in [2.45, 2.75) is 66.2 Å². The molecule has 26 heavy (non-hydrogen) atoms. The van der Waals surface area contributed by atoms with E-state index in [1.807, 2.05) is 0 Å². The Balaban J connectivity index is 2.11. The number of unbranched alkanes of at least 4 members (excludes halogenated alkanes) is 2. The molecule has 4 aromatic carbocycles. The standard InChI is InChI=1S/C26H30/c1-5-7-9-19-15-17(3)21-12-14-24-20(10-8-6-2)16-18(4)22-11-13-23(19)25(21)26(22)24/h11-16H,5-10H2,1-4H3. The molecule has 0 heteroatoms. The highest BCUT2D eigenvalue weighted by molar-refractivity contribution is 6.25. The second-order valence-corrected chi connectivity index (χ2v) is 7.98. The molecule has 0 atom stereocenters. The van der Waals surface area contributed by atoms with Crippen LogP contribution in [0.1, 0.15) is 61.8 Å². The molecule has 0 heterocycles. The van der Waals surface area contributed by atoms with E-state index in [0.717, 1.165) is 0 Å². The van der Waals surface area contributed by atoms with E-state index in [2.05, 4.69) is 64.1 Å². The van der Waals surface area contributed by atoms with Gasteiger partial charge in [-0.3, -0.25) is 0 Å². The fourth-order valence-electron chi connectivity index (χ4n) is 4.67. The van der Waals surface area contributed by atoms with Crippen molar-refractivity contribution in [3.05, 3.63) is 58.7 Å². The molecule has 0 radical (unpaired) electrons. The van der Waals surface area contributed by atoms with Gasteiger partial charge in [0.1, 0.15) is 0 Å². The van der Waals surface area contributed by atoms with Gasteiger partial charge in [0.05, 0.1) is 0 Å². The third-order valence-corrected chi connectivity index (χ3v) is 6.08. The molecular weight excluding hydrogens is 312 g/mol. The van der Waals surface area contributed by atoms with Gasteiger partial charge in [0.15, 0.2) is 0 Å². The first kappa shape index (κ1) is 17.3. The van der Waals surface area contributed by atoms with E-state index in [4.69, 9.17) is 0 Å². The van der Waals surface area contributed by atoms with Gasteiger partial charge in [0, 0.05) is 0 Å². The Kier molecular flexibility index (Phi) is 4.61. The topological polar surface area (TPSA) is 0 Å². The van der Waals surface area contributed by atoms with E-state index in [-0.39, 0.29) is 0 Å². The molecule has 0 bridgehead atoms. The first-order valence-electron chi connectivity index (χ1n) is 10.3. The average Bonchev–Trinajstić information content (AvgIpc) is 2.65. The van der Waals surface area contributed by atoms with Gasteiger partial charge in [-0.1, -0.05) is 63.1 Å². The summed E-state index contributed by atoms with van der Waals surface area (Å²) in [5.41, 5.74) is 5.91. The highest BCUT2D eigenvalue weighted by atomic mass is 14.2. The summed E-state index contributed by atoms with van der Waals surface area (Å²) in [5.74, 6) is 0. The van der Waals surface area contributed by atoms with Crippen LogP contribution in [-0.4, -0.2) is 0 Å². The van der Waals surface area contributed by atoms with Crippen molar-refractivity contribution in [3.63, 3.8) is 0 Å². The minimum Gasteiger partial charge on any atom is -0.0654 e. The summed E-state index contributed by atoms with van der Waals surface area (Å²) >= 11 is 0. The quantitative estimate of drug-likeness (QED) is 0.312. The zero-order chi connectivity index (χ0) is 18.3. The maximum Gasteiger partial charge on any atom is -0.00212 e. The van der Waals surface area contributed by atoms with Crippen LogP contribution in [0, 0.1) is 13.8 Å². The summed E-state index contributed by atoms with van der Waals surface area (Å²) in [6, 6.07) is 14.4. The molecule has 134 valence electrons. The van der Waals surface area contributed by atoms with Crippen molar-refractivity contribution in [2.24, 2.45) is 0 Å². The fraction of sp³-hybridized carbons (Fsp3) is 0.385. The average molecular weight is 343 g/mol. The van der Waals surface area contributed by atoms with Gasteiger partial charge in [-0.05, 0) is 94.1 Å². The lowest BCUT2D eigenvalue weighted by Gasteiger charge is -2.19. The normalized spacial score (nSPS) is 12.0. The van der Waals surface area contributed by atoms with E-state index in [9.17, 15) is 0 Å². The van der Waals surface area contributed by atoms with E-state index in [0.29, 0.717) is 0 Å². The summed E-state index contributed by atoms with van der Waals surface area (Å²) in [6.45, 7) is 9.14. The van der Waals surface area contributed by atoms with Crippen LogP contribution < -0.4 is 0 Å². The lowest BCUT2D eigenvalue weighted by atomic mass is 9.85. The molecule has 0 saturated heterocycles. The molecule has 0 fully saturated rings. The van der Waals surface area contributed by atoms with Gasteiger partial charge in [-0.15, -0.1) is 0 Å². The zero-order valence-electron chi connectivity index (χ0n) is 16.7. The van der Waals surface area contributed by atoms with Crippen LogP contribution in [-0.2, 0) is 12.8 Å². The van der Waals surface area contributed by atoms with Gasteiger partial charge in [-0.2, -0.15) is 0 Å². The molecule has 0 amide bonds. The van der Waals surface area contributed by atoms with Crippen LogP contribution in [0.25, 0.3) is 32.3 Å². The molecule has 0 saturated carbocycles. The van der Waals surface area contributed by atoms with Crippen LogP contribution in [0.5, 0.6) is 0 Å². The number of rotatable bonds is 6. The number of benzene rings is 4. The Hall–Kier alpha value is -2.08. The summed E-state index contributed by atoms with van der Waals surface area (Å²) in [6.07, 6.45) is 7.41. The lowest BCUT2D eigenvalue weighted by molar-refractivity contribution is 0.798. The number of hydrogen-bond acceptors (Lipinski definition) is 0. The van der Waals surface area contributed by atoms with Crippen molar-refractivity contribution < 1.29 is 0 Å². The van der Waals surface area contributed by atoms with Crippen molar-refractivity contribution in [3.8, 4) is 0 Å². The third kappa shape index (κ3) is 2.67. The van der Waals surface area contributed by atoms with Crippen LogP contribution >= 0.6 is 0 Å². The summed E-state index contributed by atoms with van der Waals surface area (Å²) in [5, 5.41) is 8.84. The van der Waals surface area contributed by atoms with E-state index < -0.39 is 0 Å². The Morgan fingerprint density at radius 3 is 1.35 bits per heavy atom. The maximum atomic E-state index is 2.43. The van der Waals surface area contributed by atoms with Crippen LogP contribution in [0.3, 0.4) is 0 Å². The molecule has 0 unspecified atom stereocenters. The zero-order valence-corrected chi connectivity index (χ0v) is 16.7. The molecule has 0 aliphatic rings. The van der Waals surface area contributed by atoms with Gasteiger partial charge in [0.2, 0.25) is 0 Å². The SMILES string of the molecule is CCCCc1cc(C)c2ccc3c(CCCC)cc(C)c4ccc1c2c43. The number of aryl methyl sites for hydroxylation is 4. The van der Waals surface area contributed by atoms with Crippen molar-refractivity contribution in [2.75, 3.05) is 0 Å². The predicted molar refractivity (Wildman–Crippen MR) is 117 cm³/mol. The van der Waals surface area contributed by atoms with Crippen LogP contribution in [0.15, 0.2) is 36.4 Å². The molecule has 0 nitrogen and oxygen atoms in total. The summed E-state index contributed by atoms with van der Waals surface area (Å²) < 4.78 is 0. The Labute approximate surface area is 157 Å². The van der Waals surface area contributed by atoms with Gasteiger partial charge in [-0.25, -0.2) is 0 Å². The predicted octanol–water partition coefficient (Wildman–Crippen LogP) is 7.89. The van der Waals surface area contributed by atoms with Crippen LogP contribution in [0.2, 0.25) is 0 Å². The Bertz CT molecular complexity index is 980. The highest BCUT2D eigenvalue weighted by Crippen LogP contribution is 2.40. The van der Waals surface area contributed by atoms with E-state index in [1.54, 1.807) is 0 Å².